The van der Waals surface area contributed by atoms with Gasteiger partial charge in [0.1, 0.15) is 6.33 Å². The van der Waals surface area contributed by atoms with Gasteiger partial charge in [-0.3, -0.25) is 9.59 Å². The highest BCUT2D eigenvalue weighted by Gasteiger charge is 2.27. The van der Waals surface area contributed by atoms with Crippen molar-refractivity contribution in [3.63, 3.8) is 0 Å². The van der Waals surface area contributed by atoms with Gasteiger partial charge in [0.15, 0.2) is 5.82 Å². The first-order valence-corrected chi connectivity index (χ1v) is 5.61. The Bertz CT molecular complexity index is 428. The zero-order chi connectivity index (χ0) is 12.3. The molecule has 1 aliphatic heterocycles. The molecule has 1 fully saturated rings. The summed E-state index contributed by atoms with van der Waals surface area (Å²) in [5, 5.41) is 13.1. The van der Waals surface area contributed by atoms with E-state index in [0.717, 1.165) is 12.4 Å². The van der Waals surface area contributed by atoms with Crippen molar-refractivity contribution in [1.82, 2.24) is 25.4 Å². The van der Waals surface area contributed by atoms with Crippen LogP contribution in [0.15, 0.2) is 6.33 Å². The molecule has 7 heteroatoms. The minimum absolute atomic E-state index is 0.0677. The zero-order valence-corrected chi connectivity index (χ0v) is 9.64. The lowest BCUT2D eigenvalue weighted by Gasteiger charge is -2.09. The van der Waals surface area contributed by atoms with E-state index < -0.39 is 0 Å². The second kappa shape index (κ2) is 4.94. The normalized spacial score (nSPS) is 19.1. The van der Waals surface area contributed by atoms with Crippen LogP contribution in [0, 0.1) is 5.92 Å². The Morgan fingerprint density at radius 1 is 1.71 bits per heavy atom. The van der Waals surface area contributed by atoms with Crippen molar-refractivity contribution in [3.8, 4) is 0 Å². The molecule has 0 aromatic carbocycles. The summed E-state index contributed by atoms with van der Waals surface area (Å²) >= 11 is 0. The largest absolute Gasteiger partial charge is 0.355 e. The number of aromatic nitrogens is 3. The SMILES string of the molecule is CCn1cnnc1CNC(=O)C1CNC(=O)C1. The molecule has 0 saturated carbocycles. The summed E-state index contributed by atoms with van der Waals surface area (Å²) < 4.78 is 1.86. The fourth-order valence-corrected chi connectivity index (χ4v) is 1.78. The van der Waals surface area contributed by atoms with Gasteiger partial charge >= 0.3 is 0 Å². The van der Waals surface area contributed by atoms with Crippen LogP contribution in [-0.4, -0.2) is 33.1 Å². The lowest BCUT2D eigenvalue weighted by Crippen LogP contribution is -2.32. The highest BCUT2D eigenvalue weighted by molar-refractivity contribution is 5.89. The van der Waals surface area contributed by atoms with Crippen molar-refractivity contribution < 1.29 is 9.59 Å². The highest BCUT2D eigenvalue weighted by Crippen LogP contribution is 2.08. The third kappa shape index (κ3) is 2.61. The molecule has 1 aliphatic rings. The number of hydrogen-bond donors (Lipinski definition) is 2. The Morgan fingerprint density at radius 3 is 3.18 bits per heavy atom. The van der Waals surface area contributed by atoms with E-state index in [2.05, 4.69) is 20.8 Å². The molecule has 0 spiro atoms. The molecule has 2 heterocycles. The van der Waals surface area contributed by atoms with Crippen LogP contribution in [0.5, 0.6) is 0 Å². The lowest BCUT2D eigenvalue weighted by molar-refractivity contribution is -0.126. The van der Waals surface area contributed by atoms with E-state index in [9.17, 15) is 9.59 Å². The van der Waals surface area contributed by atoms with Crippen LogP contribution in [0.2, 0.25) is 0 Å². The zero-order valence-electron chi connectivity index (χ0n) is 9.64. The van der Waals surface area contributed by atoms with Crippen molar-refractivity contribution >= 4 is 11.8 Å². The molecule has 1 saturated heterocycles. The Hall–Kier alpha value is -1.92. The number of hydrogen-bond acceptors (Lipinski definition) is 4. The van der Waals surface area contributed by atoms with Crippen molar-refractivity contribution in [2.45, 2.75) is 26.4 Å². The quantitative estimate of drug-likeness (QED) is 0.706. The van der Waals surface area contributed by atoms with Crippen molar-refractivity contribution in [1.29, 1.82) is 0 Å². The maximum atomic E-state index is 11.7. The summed E-state index contributed by atoms with van der Waals surface area (Å²) in [6, 6.07) is 0. The summed E-state index contributed by atoms with van der Waals surface area (Å²) in [7, 11) is 0. The molecule has 2 rings (SSSR count). The third-order valence-corrected chi connectivity index (χ3v) is 2.81. The van der Waals surface area contributed by atoms with Crippen molar-refractivity contribution in [2.24, 2.45) is 5.92 Å². The minimum atomic E-state index is -0.263. The predicted octanol–water partition coefficient (Wildman–Crippen LogP) is -0.950. The first kappa shape index (κ1) is 11.6. The van der Waals surface area contributed by atoms with Gasteiger partial charge in [-0.1, -0.05) is 0 Å². The molecule has 7 nitrogen and oxygen atoms in total. The average molecular weight is 237 g/mol. The third-order valence-electron chi connectivity index (χ3n) is 2.81. The number of aryl methyl sites for hydroxylation is 1. The van der Waals surface area contributed by atoms with Crippen LogP contribution in [-0.2, 0) is 22.7 Å². The molecule has 0 bridgehead atoms. The molecular weight excluding hydrogens is 222 g/mol. The first-order valence-electron chi connectivity index (χ1n) is 5.61. The molecule has 1 atom stereocenters. The number of nitrogens with one attached hydrogen (secondary N) is 2. The van der Waals surface area contributed by atoms with Gasteiger partial charge in [0.2, 0.25) is 11.8 Å². The van der Waals surface area contributed by atoms with Gasteiger partial charge in [-0.2, -0.15) is 0 Å². The molecule has 2 N–H and O–H groups in total. The summed E-state index contributed by atoms with van der Waals surface area (Å²) in [6.07, 6.45) is 1.90. The van der Waals surface area contributed by atoms with Crippen LogP contribution in [0.3, 0.4) is 0 Å². The predicted molar refractivity (Wildman–Crippen MR) is 58.7 cm³/mol. The summed E-state index contributed by atoms with van der Waals surface area (Å²) in [6.45, 7) is 3.51. The van der Waals surface area contributed by atoms with Crippen LogP contribution >= 0.6 is 0 Å². The second-order valence-corrected chi connectivity index (χ2v) is 3.96. The smallest absolute Gasteiger partial charge is 0.225 e. The monoisotopic (exact) mass is 237 g/mol. The van der Waals surface area contributed by atoms with E-state index >= 15 is 0 Å². The lowest BCUT2D eigenvalue weighted by atomic mass is 10.1. The standard InChI is InChI=1S/C10H15N5O2/c1-2-15-6-13-14-8(15)5-12-10(17)7-3-9(16)11-4-7/h6-7H,2-5H2,1H3,(H,11,16)(H,12,17). The Kier molecular flexibility index (Phi) is 3.36. The minimum Gasteiger partial charge on any atom is -0.355 e. The molecule has 2 amide bonds. The Labute approximate surface area is 98.6 Å². The van der Waals surface area contributed by atoms with E-state index in [4.69, 9.17) is 0 Å². The van der Waals surface area contributed by atoms with Gasteiger partial charge in [-0.25, -0.2) is 0 Å². The van der Waals surface area contributed by atoms with Gasteiger partial charge in [-0.05, 0) is 6.92 Å². The Morgan fingerprint density at radius 2 is 2.53 bits per heavy atom. The fourth-order valence-electron chi connectivity index (χ4n) is 1.78. The van der Waals surface area contributed by atoms with Crippen LogP contribution < -0.4 is 10.6 Å². The number of carbonyl (C=O) groups is 2. The maximum absolute atomic E-state index is 11.7. The van der Waals surface area contributed by atoms with Gasteiger partial charge < -0.3 is 15.2 Å². The van der Waals surface area contributed by atoms with Gasteiger partial charge in [0.25, 0.3) is 0 Å². The number of carbonyl (C=O) groups excluding carboxylic acids is 2. The number of nitrogens with zero attached hydrogens (tertiary/aromatic N) is 3. The maximum Gasteiger partial charge on any atom is 0.225 e. The van der Waals surface area contributed by atoms with Crippen molar-refractivity contribution in [3.05, 3.63) is 12.2 Å². The molecule has 1 aromatic heterocycles. The summed E-state index contributed by atoms with van der Waals surface area (Å²) in [5.74, 6) is 0.273. The van der Waals surface area contributed by atoms with Crippen LogP contribution in [0.25, 0.3) is 0 Å². The average Bonchev–Trinajstić information content (AvgIpc) is 2.94. The second-order valence-electron chi connectivity index (χ2n) is 3.96. The van der Waals surface area contributed by atoms with E-state index in [1.54, 1.807) is 6.33 Å². The highest BCUT2D eigenvalue weighted by atomic mass is 16.2. The van der Waals surface area contributed by atoms with Gasteiger partial charge in [0, 0.05) is 19.5 Å². The molecular formula is C10H15N5O2. The number of amides is 2. The van der Waals surface area contributed by atoms with Crippen LogP contribution in [0.1, 0.15) is 19.2 Å². The van der Waals surface area contributed by atoms with E-state index in [0.29, 0.717) is 13.1 Å². The fraction of sp³-hybridized carbons (Fsp3) is 0.600. The summed E-state index contributed by atoms with van der Waals surface area (Å²) in [4.78, 5) is 22.7. The van der Waals surface area contributed by atoms with Gasteiger partial charge in [0.05, 0.1) is 12.5 Å². The molecule has 1 unspecified atom stereocenters. The first-order chi connectivity index (χ1) is 8.20. The topological polar surface area (TPSA) is 88.9 Å². The Balaban J connectivity index is 1.86. The molecule has 17 heavy (non-hydrogen) atoms. The molecule has 92 valence electrons. The van der Waals surface area contributed by atoms with Crippen molar-refractivity contribution in [2.75, 3.05) is 6.54 Å². The van der Waals surface area contributed by atoms with E-state index in [1.807, 2.05) is 11.5 Å². The number of rotatable bonds is 4. The molecule has 0 radical (unpaired) electrons. The summed E-state index contributed by atoms with van der Waals surface area (Å²) in [5.41, 5.74) is 0. The van der Waals surface area contributed by atoms with Gasteiger partial charge in [-0.15, -0.1) is 10.2 Å². The molecule has 1 aromatic rings. The molecule has 0 aliphatic carbocycles. The van der Waals surface area contributed by atoms with E-state index in [1.165, 1.54) is 0 Å². The van der Waals surface area contributed by atoms with E-state index in [-0.39, 0.29) is 24.2 Å². The van der Waals surface area contributed by atoms with Crippen LogP contribution in [0.4, 0.5) is 0 Å².